The van der Waals surface area contributed by atoms with Gasteiger partial charge in [-0.2, -0.15) is 5.10 Å². The van der Waals surface area contributed by atoms with Gasteiger partial charge in [0, 0.05) is 5.69 Å². The first-order chi connectivity index (χ1) is 12.4. The van der Waals surface area contributed by atoms with Crippen molar-refractivity contribution in [3.8, 4) is 11.1 Å². The summed E-state index contributed by atoms with van der Waals surface area (Å²) in [6, 6.07) is 16.2. The molecule has 4 rings (SSSR count). The Kier molecular flexibility index (Phi) is 4.19. The van der Waals surface area contributed by atoms with Crippen molar-refractivity contribution in [2.24, 2.45) is 0 Å². The normalized spacial score (nSPS) is 15.6. The first kappa shape index (κ1) is 17.0. The molecule has 0 saturated heterocycles. The molecule has 1 aliphatic rings. The first-order valence-electron chi connectivity index (χ1n) is 8.88. The van der Waals surface area contributed by atoms with E-state index in [-0.39, 0.29) is 5.75 Å². The van der Waals surface area contributed by atoms with E-state index in [1.54, 1.807) is 0 Å². The molecule has 0 spiro atoms. The Morgan fingerprint density at radius 2 is 1.73 bits per heavy atom. The van der Waals surface area contributed by atoms with E-state index in [0.29, 0.717) is 4.90 Å². The average Bonchev–Trinajstić information content (AvgIpc) is 2.92. The van der Waals surface area contributed by atoms with Gasteiger partial charge in [-0.1, -0.05) is 36.4 Å². The predicted molar refractivity (Wildman–Crippen MR) is 103 cm³/mol. The van der Waals surface area contributed by atoms with Crippen LogP contribution in [0.15, 0.2) is 53.4 Å². The van der Waals surface area contributed by atoms with Gasteiger partial charge < -0.3 is 0 Å². The molecule has 2 heterocycles. The van der Waals surface area contributed by atoms with Gasteiger partial charge >= 0.3 is 0 Å². The van der Waals surface area contributed by atoms with E-state index in [2.05, 4.69) is 42.4 Å². The van der Waals surface area contributed by atoms with Gasteiger partial charge in [0.25, 0.3) is 0 Å². The molecule has 0 radical (unpaired) electrons. The molecule has 0 saturated carbocycles. The molecule has 0 atom stereocenters. The van der Waals surface area contributed by atoms with Gasteiger partial charge in [-0.15, -0.1) is 0 Å². The molecule has 0 aliphatic carbocycles. The lowest BCUT2D eigenvalue weighted by Crippen LogP contribution is -2.16. The highest BCUT2D eigenvalue weighted by atomic mass is 32.2. The minimum Gasteiger partial charge on any atom is -0.265 e. The summed E-state index contributed by atoms with van der Waals surface area (Å²) in [6.07, 6.45) is 1.56. The maximum absolute atomic E-state index is 12.3. The van der Waals surface area contributed by atoms with Crippen LogP contribution in [0.1, 0.15) is 28.9 Å². The maximum Gasteiger partial charge on any atom is 0.178 e. The summed E-state index contributed by atoms with van der Waals surface area (Å²) < 4.78 is 26.7. The highest BCUT2D eigenvalue weighted by Crippen LogP contribution is 2.30. The minimum absolute atomic E-state index is 0.255. The summed E-state index contributed by atoms with van der Waals surface area (Å²) in [7, 11) is -3.14. The quantitative estimate of drug-likeness (QED) is 0.706. The van der Waals surface area contributed by atoms with Crippen molar-refractivity contribution in [1.82, 2.24) is 9.78 Å². The third-order valence-corrected chi connectivity index (χ3v) is 6.86. The third kappa shape index (κ3) is 3.19. The number of aryl methyl sites for hydroxylation is 3. The SMILES string of the molecule is Cc1cc(C)n(Cc2ccc(-c3ccc4c(c3)S(=O)(=O)CCC4)cc2)n1. The Hall–Kier alpha value is -2.40. The molecule has 1 aliphatic heterocycles. The summed E-state index contributed by atoms with van der Waals surface area (Å²) in [5.41, 5.74) is 6.27. The molecule has 0 amide bonds. The van der Waals surface area contributed by atoms with E-state index >= 15 is 0 Å². The fourth-order valence-electron chi connectivity index (χ4n) is 3.60. The van der Waals surface area contributed by atoms with Crippen molar-refractivity contribution in [3.63, 3.8) is 0 Å². The summed E-state index contributed by atoms with van der Waals surface area (Å²) >= 11 is 0. The van der Waals surface area contributed by atoms with Crippen LogP contribution in [0, 0.1) is 13.8 Å². The monoisotopic (exact) mass is 366 g/mol. The molecule has 134 valence electrons. The fraction of sp³-hybridized carbons (Fsp3) is 0.286. The van der Waals surface area contributed by atoms with Crippen LogP contribution in [0.5, 0.6) is 0 Å². The molecule has 0 fully saturated rings. The van der Waals surface area contributed by atoms with Gasteiger partial charge in [0.05, 0.1) is 22.9 Å². The zero-order valence-electron chi connectivity index (χ0n) is 15.1. The van der Waals surface area contributed by atoms with E-state index in [0.717, 1.165) is 47.5 Å². The van der Waals surface area contributed by atoms with Crippen molar-refractivity contribution in [2.45, 2.75) is 38.1 Å². The van der Waals surface area contributed by atoms with Crippen LogP contribution < -0.4 is 0 Å². The number of benzene rings is 2. The second-order valence-electron chi connectivity index (χ2n) is 7.03. The van der Waals surface area contributed by atoms with Crippen molar-refractivity contribution >= 4 is 9.84 Å². The smallest absolute Gasteiger partial charge is 0.178 e. The van der Waals surface area contributed by atoms with Crippen molar-refractivity contribution in [1.29, 1.82) is 0 Å². The second-order valence-corrected chi connectivity index (χ2v) is 9.10. The van der Waals surface area contributed by atoms with Gasteiger partial charge in [-0.25, -0.2) is 8.42 Å². The highest BCUT2D eigenvalue weighted by molar-refractivity contribution is 7.91. The number of sulfone groups is 1. The summed E-state index contributed by atoms with van der Waals surface area (Å²) in [4.78, 5) is 0.507. The lowest BCUT2D eigenvalue weighted by atomic mass is 10.0. The molecule has 1 aromatic heterocycles. The first-order valence-corrected chi connectivity index (χ1v) is 10.5. The van der Waals surface area contributed by atoms with Crippen LogP contribution in [0.3, 0.4) is 0 Å². The molecular weight excluding hydrogens is 344 g/mol. The zero-order chi connectivity index (χ0) is 18.3. The molecule has 4 nitrogen and oxygen atoms in total. The molecular formula is C21H22N2O2S. The summed E-state index contributed by atoms with van der Waals surface area (Å²) in [6.45, 7) is 4.79. The number of nitrogens with zero attached hydrogens (tertiary/aromatic N) is 2. The Morgan fingerprint density at radius 1 is 1.00 bits per heavy atom. The Balaban J connectivity index is 1.62. The number of hydrogen-bond acceptors (Lipinski definition) is 3. The fourth-order valence-corrected chi connectivity index (χ4v) is 5.22. The molecule has 0 unspecified atom stereocenters. The summed E-state index contributed by atoms with van der Waals surface area (Å²) in [5, 5.41) is 4.50. The lowest BCUT2D eigenvalue weighted by Gasteiger charge is -2.17. The van der Waals surface area contributed by atoms with Gasteiger partial charge in [0.15, 0.2) is 9.84 Å². The van der Waals surface area contributed by atoms with Crippen LogP contribution in [0.2, 0.25) is 0 Å². The number of aromatic nitrogens is 2. The van der Waals surface area contributed by atoms with E-state index in [1.807, 2.05) is 29.8 Å². The van der Waals surface area contributed by atoms with Gasteiger partial charge in [0.2, 0.25) is 0 Å². The van der Waals surface area contributed by atoms with Crippen molar-refractivity contribution in [3.05, 3.63) is 71.0 Å². The maximum atomic E-state index is 12.3. The molecule has 3 aromatic rings. The standard InChI is InChI=1S/C21H22N2O2S/c1-15-12-16(2)23(22-15)14-17-5-7-18(8-6-17)20-10-9-19-4-3-11-26(24,25)21(19)13-20/h5-10,12-13H,3-4,11,14H2,1-2H3. The van der Waals surface area contributed by atoms with Crippen LogP contribution in [0.4, 0.5) is 0 Å². The van der Waals surface area contributed by atoms with Crippen molar-refractivity contribution < 1.29 is 8.42 Å². The third-order valence-electron chi connectivity index (χ3n) is 4.98. The van der Waals surface area contributed by atoms with Crippen molar-refractivity contribution in [2.75, 3.05) is 5.75 Å². The van der Waals surface area contributed by atoms with Gasteiger partial charge in [-0.3, -0.25) is 4.68 Å². The largest absolute Gasteiger partial charge is 0.265 e. The lowest BCUT2D eigenvalue weighted by molar-refractivity contribution is 0.586. The van der Waals surface area contributed by atoms with Crippen LogP contribution >= 0.6 is 0 Å². The van der Waals surface area contributed by atoms with E-state index in [4.69, 9.17) is 0 Å². The summed E-state index contributed by atoms with van der Waals surface area (Å²) in [5.74, 6) is 0.255. The van der Waals surface area contributed by atoms with E-state index in [9.17, 15) is 8.42 Å². The van der Waals surface area contributed by atoms with Crippen LogP contribution in [-0.4, -0.2) is 24.0 Å². The predicted octanol–water partition coefficient (Wildman–Crippen LogP) is 3.94. The van der Waals surface area contributed by atoms with Crippen LogP contribution in [0.25, 0.3) is 11.1 Å². The molecule has 0 bridgehead atoms. The number of hydrogen-bond donors (Lipinski definition) is 0. The van der Waals surface area contributed by atoms with Gasteiger partial charge in [0.1, 0.15) is 0 Å². The number of rotatable bonds is 3. The minimum atomic E-state index is -3.14. The number of fused-ring (bicyclic) bond motifs is 1. The highest BCUT2D eigenvalue weighted by Gasteiger charge is 2.23. The molecule has 5 heteroatoms. The molecule has 26 heavy (non-hydrogen) atoms. The zero-order valence-corrected chi connectivity index (χ0v) is 15.9. The topological polar surface area (TPSA) is 52.0 Å². The van der Waals surface area contributed by atoms with E-state index in [1.165, 1.54) is 5.56 Å². The van der Waals surface area contributed by atoms with E-state index < -0.39 is 9.84 Å². The Bertz CT molecular complexity index is 1060. The molecule has 2 aromatic carbocycles. The molecule has 0 N–H and O–H groups in total. The van der Waals surface area contributed by atoms with Gasteiger partial charge in [-0.05, 0) is 61.1 Å². The Morgan fingerprint density at radius 3 is 2.42 bits per heavy atom. The Labute approximate surface area is 154 Å². The average molecular weight is 366 g/mol. The second kappa shape index (κ2) is 6.40. The van der Waals surface area contributed by atoms with Crippen LogP contribution in [-0.2, 0) is 22.8 Å².